The molecule has 2 nitrogen and oxygen atoms in total. The molecule has 0 fully saturated rings. The molecular formula is C12H28N2. The van der Waals surface area contributed by atoms with Crippen LogP contribution in [0.3, 0.4) is 0 Å². The molecule has 2 heteroatoms. The van der Waals surface area contributed by atoms with E-state index in [2.05, 4.69) is 51.8 Å². The van der Waals surface area contributed by atoms with Crippen molar-refractivity contribution in [3.8, 4) is 0 Å². The Bertz CT molecular complexity index is 134. The first-order valence-corrected chi connectivity index (χ1v) is 5.86. The van der Waals surface area contributed by atoms with Gasteiger partial charge in [-0.1, -0.05) is 20.8 Å². The third kappa shape index (κ3) is 7.34. The van der Waals surface area contributed by atoms with Gasteiger partial charge in [-0.15, -0.1) is 0 Å². The summed E-state index contributed by atoms with van der Waals surface area (Å²) in [4.78, 5) is 2.48. The summed E-state index contributed by atoms with van der Waals surface area (Å²) in [5.74, 6) is 0.731. The predicted molar refractivity (Wildman–Crippen MR) is 64.7 cm³/mol. The molecule has 1 N–H and O–H groups in total. The van der Waals surface area contributed by atoms with Crippen LogP contribution in [0.4, 0.5) is 0 Å². The summed E-state index contributed by atoms with van der Waals surface area (Å²) in [7, 11) is 0. The second-order valence-corrected chi connectivity index (χ2v) is 5.22. The third-order valence-electron chi connectivity index (χ3n) is 2.45. The maximum absolute atomic E-state index is 3.55. The van der Waals surface area contributed by atoms with Gasteiger partial charge >= 0.3 is 0 Å². The molecular weight excluding hydrogens is 172 g/mol. The molecule has 86 valence electrons. The van der Waals surface area contributed by atoms with Crippen molar-refractivity contribution in [3.63, 3.8) is 0 Å². The van der Waals surface area contributed by atoms with E-state index in [0.29, 0.717) is 0 Å². The van der Waals surface area contributed by atoms with E-state index in [-0.39, 0.29) is 5.54 Å². The molecule has 0 aromatic carbocycles. The van der Waals surface area contributed by atoms with Gasteiger partial charge in [0.05, 0.1) is 0 Å². The molecule has 0 aliphatic carbocycles. The van der Waals surface area contributed by atoms with Crippen molar-refractivity contribution in [2.45, 2.75) is 47.1 Å². The standard InChI is InChI=1S/C12H28N2/c1-7-14(8-2)10-11(3)9-13-12(4,5)6/h11,13H,7-10H2,1-6H3. The predicted octanol–water partition coefficient (Wildman–Crippen LogP) is 2.35. The maximum atomic E-state index is 3.55. The fourth-order valence-corrected chi connectivity index (χ4v) is 1.47. The van der Waals surface area contributed by atoms with E-state index in [1.807, 2.05) is 0 Å². The molecule has 14 heavy (non-hydrogen) atoms. The van der Waals surface area contributed by atoms with Gasteiger partial charge in [-0.05, 0) is 46.3 Å². The average Bonchev–Trinajstić information content (AvgIpc) is 2.09. The lowest BCUT2D eigenvalue weighted by Crippen LogP contribution is -2.41. The average molecular weight is 200 g/mol. The van der Waals surface area contributed by atoms with Crippen LogP contribution in [0.5, 0.6) is 0 Å². The summed E-state index contributed by atoms with van der Waals surface area (Å²) in [6.45, 7) is 18.1. The van der Waals surface area contributed by atoms with E-state index < -0.39 is 0 Å². The minimum Gasteiger partial charge on any atom is -0.312 e. The Labute approximate surface area is 90.1 Å². The summed E-state index contributed by atoms with van der Waals surface area (Å²) in [5, 5.41) is 3.55. The molecule has 0 saturated heterocycles. The second-order valence-electron chi connectivity index (χ2n) is 5.22. The Balaban J connectivity index is 3.69. The quantitative estimate of drug-likeness (QED) is 0.708. The molecule has 0 radical (unpaired) electrons. The van der Waals surface area contributed by atoms with E-state index in [4.69, 9.17) is 0 Å². The summed E-state index contributed by atoms with van der Waals surface area (Å²) in [5.41, 5.74) is 0.248. The molecule has 0 aliphatic heterocycles. The highest BCUT2D eigenvalue weighted by Gasteiger charge is 2.12. The summed E-state index contributed by atoms with van der Waals surface area (Å²) in [6.07, 6.45) is 0. The molecule has 0 bridgehead atoms. The van der Waals surface area contributed by atoms with Gasteiger partial charge in [0, 0.05) is 12.1 Å². The molecule has 0 aromatic heterocycles. The fourth-order valence-electron chi connectivity index (χ4n) is 1.47. The topological polar surface area (TPSA) is 15.3 Å². The Morgan fingerprint density at radius 3 is 2.00 bits per heavy atom. The largest absolute Gasteiger partial charge is 0.312 e. The van der Waals surface area contributed by atoms with Gasteiger partial charge < -0.3 is 10.2 Å². The van der Waals surface area contributed by atoms with Gasteiger partial charge in [-0.25, -0.2) is 0 Å². The molecule has 0 heterocycles. The van der Waals surface area contributed by atoms with Gasteiger partial charge in [0.25, 0.3) is 0 Å². The number of rotatable bonds is 6. The third-order valence-corrected chi connectivity index (χ3v) is 2.45. The fraction of sp³-hybridized carbons (Fsp3) is 1.00. The van der Waals surface area contributed by atoms with Crippen LogP contribution in [-0.2, 0) is 0 Å². The highest BCUT2D eigenvalue weighted by molar-refractivity contribution is 4.73. The normalized spacial score (nSPS) is 14.8. The number of nitrogens with zero attached hydrogens (tertiary/aromatic N) is 1. The number of hydrogen-bond acceptors (Lipinski definition) is 2. The Hall–Kier alpha value is -0.0800. The van der Waals surface area contributed by atoms with Crippen LogP contribution in [0, 0.1) is 5.92 Å². The maximum Gasteiger partial charge on any atom is 0.00966 e. The number of hydrogen-bond donors (Lipinski definition) is 1. The summed E-state index contributed by atoms with van der Waals surface area (Å²) in [6, 6.07) is 0. The van der Waals surface area contributed by atoms with Crippen molar-refractivity contribution in [2.24, 2.45) is 5.92 Å². The van der Waals surface area contributed by atoms with Gasteiger partial charge in [-0.3, -0.25) is 0 Å². The van der Waals surface area contributed by atoms with Crippen molar-refractivity contribution in [3.05, 3.63) is 0 Å². The van der Waals surface area contributed by atoms with Crippen molar-refractivity contribution in [1.82, 2.24) is 10.2 Å². The van der Waals surface area contributed by atoms with Crippen LogP contribution in [-0.4, -0.2) is 36.6 Å². The molecule has 0 rings (SSSR count). The number of nitrogens with one attached hydrogen (secondary N) is 1. The lowest BCUT2D eigenvalue weighted by molar-refractivity contribution is 0.247. The Morgan fingerprint density at radius 2 is 1.64 bits per heavy atom. The zero-order valence-electron chi connectivity index (χ0n) is 10.9. The highest BCUT2D eigenvalue weighted by Crippen LogP contribution is 2.03. The van der Waals surface area contributed by atoms with Crippen LogP contribution in [0.25, 0.3) is 0 Å². The summed E-state index contributed by atoms with van der Waals surface area (Å²) < 4.78 is 0. The second kappa shape index (κ2) is 6.41. The van der Waals surface area contributed by atoms with Gasteiger partial charge in [-0.2, -0.15) is 0 Å². The zero-order chi connectivity index (χ0) is 11.2. The zero-order valence-corrected chi connectivity index (χ0v) is 10.9. The molecule has 0 amide bonds. The molecule has 0 spiro atoms. The van der Waals surface area contributed by atoms with Crippen molar-refractivity contribution < 1.29 is 0 Å². The monoisotopic (exact) mass is 200 g/mol. The molecule has 0 saturated carbocycles. The van der Waals surface area contributed by atoms with Gasteiger partial charge in [0.2, 0.25) is 0 Å². The van der Waals surface area contributed by atoms with Crippen molar-refractivity contribution >= 4 is 0 Å². The van der Waals surface area contributed by atoms with Crippen LogP contribution >= 0.6 is 0 Å². The molecule has 0 aromatic rings. The molecule has 1 unspecified atom stereocenters. The van der Waals surface area contributed by atoms with Gasteiger partial charge in [0.15, 0.2) is 0 Å². The minimum atomic E-state index is 0.248. The van der Waals surface area contributed by atoms with Crippen LogP contribution < -0.4 is 5.32 Å². The summed E-state index contributed by atoms with van der Waals surface area (Å²) >= 11 is 0. The smallest absolute Gasteiger partial charge is 0.00966 e. The van der Waals surface area contributed by atoms with E-state index in [0.717, 1.165) is 25.6 Å². The Morgan fingerprint density at radius 1 is 1.14 bits per heavy atom. The van der Waals surface area contributed by atoms with Crippen LogP contribution in [0.1, 0.15) is 41.5 Å². The Kier molecular flexibility index (Phi) is 6.38. The first-order valence-electron chi connectivity index (χ1n) is 5.86. The molecule has 1 atom stereocenters. The van der Waals surface area contributed by atoms with Crippen molar-refractivity contribution in [2.75, 3.05) is 26.2 Å². The van der Waals surface area contributed by atoms with E-state index in [1.54, 1.807) is 0 Å². The SMILES string of the molecule is CCN(CC)CC(C)CNC(C)(C)C. The molecule has 0 aliphatic rings. The first-order chi connectivity index (χ1) is 6.39. The van der Waals surface area contributed by atoms with E-state index in [9.17, 15) is 0 Å². The minimum absolute atomic E-state index is 0.248. The first kappa shape index (κ1) is 13.9. The van der Waals surface area contributed by atoms with Gasteiger partial charge in [0.1, 0.15) is 0 Å². The lowest BCUT2D eigenvalue weighted by Gasteiger charge is -2.27. The highest BCUT2D eigenvalue weighted by atomic mass is 15.1. The van der Waals surface area contributed by atoms with Crippen LogP contribution in [0.2, 0.25) is 0 Å². The van der Waals surface area contributed by atoms with E-state index >= 15 is 0 Å². The van der Waals surface area contributed by atoms with Crippen molar-refractivity contribution in [1.29, 1.82) is 0 Å². The lowest BCUT2D eigenvalue weighted by atomic mass is 10.1. The van der Waals surface area contributed by atoms with E-state index in [1.165, 1.54) is 6.54 Å². The van der Waals surface area contributed by atoms with Crippen LogP contribution in [0.15, 0.2) is 0 Å².